The molecule has 0 spiro atoms. The fraction of sp³-hybridized carbons (Fsp3) is 0.263. The summed E-state index contributed by atoms with van der Waals surface area (Å²) >= 11 is 0. The first-order chi connectivity index (χ1) is 11.7. The van der Waals surface area contributed by atoms with Gasteiger partial charge < -0.3 is 9.47 Å². The lowest BCUT2D eigenvalue weighted by Crippen LogP contribution is -2.17. The summed E-state index contributed by atoms with van der Waals surface area (Å²) in [6, 6.07) is 14.5. The fourth-order valence-electron chi connectivity index (χ4n) is 1.97. The fourth-order valence-corrected chi connectivity index (χ4v) is 1.97. The summed E-state index contributed by atoms with van der Waals surface area (Å²) < 4.78 is 10.9. The number of nitrogens with zero attached hydrogens (tertiary/aromatic N) is 1. The molecule has 0 heterocycles. The van der Waals surface area contributed by atoms with E-state index < -0.39 is 0 Å². The quantitative estimate of drug-likeness (QED) is 0.595. The standard InChI is InChI=1S/C19H22N2O3/c1-3-13-24-18-11-7-16(8-12-18)19(22)21-20-14-15-5-9-17(10-6-15)23-4-2/h5-12,14H,3-4,13H2,1-2H3,(H,21,22)/b20-14+. The molecule has 0 unspecified atom stereocenters. The van der Waals surface area contributed by atoms with E-state index in [2.05, 4.69) is 10.5 Å². The lowest BCUT2D eigenvalue weighted by molar-refractivity contribution is 0.0955. The molecule has 126 valence electrons. The van der Waals surface area contributed by atoms with Gasteiger partial charge in [0.25, 0.3) is 5.91 Å². The Kier molecular flexibility index (Phi) is 6.83. The summed E-state index contributed by atoms with van der Waals surface area (Å²) in [5.41, 5.74) is 3.92. The van der Waals surface area contributed by atoms with E-state index in [0.29, 0.717) is 18.8 Å². The van der Waals surface area contributed by atoms with Crippen LogP contribution >= 0.6 is 0 Å². The number of hydrazone groups is 1. The third-order valence-corrected chi connectivity index (χ3v) is 3.16. The Bertz CT molecular complexity index is 664. The van der Waals surface area contributed by atoms with Gasteiger partial charge >= 0.3 is 0 Å². The lowest BCUT2D eigenvalue weighted by atomic mass is 10.2. The summed E-state index contributed by atoms with van der Waals surface area (Å²) in [4.78, 5) is 12.0. The number of nitrogens with one attached hydrogen (secondary N) is 1. The van der Waals surface area contributed by atoms with E-state index in [1.54, 1.807) is 30.5 Å². The van der Waals surface area contributed by atoms with Crippen LogP contribution in [0.4, 0.5) is 0 Å². The van der Waals surface area contributed by atoms with Crippen LogP contribution in [0.15, 0.2) is 53.6 Å². The molecule has 0 saturated carbocycles. The Balaban J connectivity index is 1.87. The van der Waals surface area contributed by atoms with Crippen molar-refractivity contribution in [3.8, 4) is 11.5 Å². The summed E-state index contributed by atoms with van der Waals surface area (Å²) in [5, 5.41) is 3.97. The molecule has 0 aliphatic rings. The first-order valence-electron chi connectivity index (χ1n) is 8.02. The maximum absolute atomic E-state index is 12.0. The summed E-state index contributed by atoms with van der Waals surface area (Å²) in [6.45, 7) is 5.28. The van der Waals surface area contributed by atoms with Crippen molar-refractivity contribution in [2.24, 2.45) is 5.10 Å². The van der Waals surface area contributed by atoms with Crippen LogP contribution in [0.25, 0.3) is 0 Å². The van der Waals surface area contributed by atoms with Gasteiger partial charge in [-0.15, -0.1) is 0 Å². The Hall–Kier alpha value is -2.82. The normalized spacial score (nSPS) is 10.6. The molecule has 2 rings (SSSR count). The number of carbonyl (C=O) groups excluding carboxylic acids is 1. The first-order valence-corrected chi connectivity index (χ1v) is 8.02. The van der Waals surface area contributed by atoms with Crippen LogP contribution in [0.2, 0.25) is 0 Å². The predicted molar refractivity (Wildman–Crippen MR) is 94.9 cm³/mol. The van der Waals surface area contributed by atoms with Gasteiger partial charge in [-0.25, -0.2) is 5.43 Å². The SMILES string of the molecule is CCCOc1ccc(C(=O)N/N=C/c2ccc(OCC)cc2)cc1. The zero-order valence-corrected chi connectivity index (χ0v) is 14.0. The van der Waals surface area contributed by atoms with Gasteiger partial charge in [-0.2, -0.15) is 5.10 Å². The Morgan fingerprint density at radius 1 is 1.00 bits per heavy atom. The average Bonchev–Trinajstić information content (AvgIpc) is 2.62. The van der Waals surface area contributed by atoms with Crippen LogP contribution in [0, 0.1) is 0 Å². The molecule has 0 aliphatic heterocycles. The Morgan fingerprint density at radius 3 is 2.25 bits per heavy atom. The van der Waals surface area contributed by atoms with Crippen molar-refractivity contribution in [3.63, 3.8) is 0 Å². The molecule has 0 bridgehead atoms. The van der Waals surface area contributed by atoms with Crippen molar-refractivity contribution >= 4 is 12.1 Å². The van der Waals surface area contributed by atoms with Crippen molar-refractivity contribution < 1.29 is 14.3 Å². The molecule has 1 amide bonds. The van der Waals surface area contributed by atoms with Gasteiger partial charge in [0.2, 0.25) is 0 Å². The number of hydrogen-bond donors (Lipinski definition) is 1. The summed E-state index contributed by atoms with van der Waals surface area (Å²) in [5.74, 6) is 1.30. The maximum atomic E-state index is 12.0. The molecule has 5 heteroatoms. The van der Waals surface area contributed by atoms with E-state index in [0.717, 1.165) is 23.5 Å². The second-order valence-electron chi connectivity index (χ2n) is 5.07. The number of rotatable bonds is 8. The molecule has 0 fully saturated rings. The topological polar surface area (TPSA) is 59.9 Å². The molecule has 2 aromatic carbocycles. The van der Waals surface area contributed by atoms with Crippen LogP contribution in [0.1, 0.15) is 36.2 Å². The molecular weight excluding hydrogens is 304 g/mol. The van der Waals surface area contributed by atoms with Gasteiger partial charge in [-0.3, -0.25) is 4.79 Å². The highest BCUT2D eigenvalue weighted by Crippen LogP contribution is 2.13. The van der Waals surface area contributed by atoms with E-state index in [4.69, 9.17) is 9.47 Å². The highest BCUT2D eigenvalue weighted by atomic mass is 16.5. The third kappa shape index (κ3) is 5.43. The molecule has 0 saturated heterocycles. The van der Waals surface area contributed by atoms with E-state index in [1.807, 2.05) is 38.1 Å². The molecule has 24 heavy (non-hydrogen) atoms. The van der Waals surface area contributed by atoms with Crippen LogP contribution < -0.4 is 14.9 Å². The van der Waals surface area contributed by atoms with Gasteiger partial charge in [-0.1, -0.05) is 6.92 Å². The van der Waals surface area contributed by atoms with Gasteiger partial charge in [0.1, 0.15) is 11.5 Å². The van der Waals surface area contributed by atoms with E-state index in [9.17, 15) is 4.79 Å². The molecule has 0 aliphatic carbocycles. The second-order valence-corrected chi connectivity index (χ2v) is 5.07. The molecule has 1 N–H and O–H groups in total. The average molecular weight is 326 g/mol. The minimum atomic E-state index is -0.265. The van der Waals surface area contributed by atoms with Gasteiger partial charge in [0.05, 0.1) is 19.4 Å². The third-order valence-electron chi connectivity index (χ3n) is 3.16. The van der Waals surface area contributed by atoms with E-state index in [1.165, 1.54) is 0 Å². The van der Waals surface area contributed by atoms with Crippen LogP contribution in [-0.2, 0) is 0 Å². The lowest BCUT2D eigenvalue weighted by Gasteiger charge is -2.05. The van der Waals surface area contributed by atoms with E-state index in [-0.39, 0.29) is 5.91 Å². The predicted octanol–water partition coefficient (Wildman–Crippen LogP) is 3.64. The summed E-state index contributed by atoms with van der Waals surface area (Å²) in [7, 11) is 0. The van der Waals surface area contributed by atoms with Gasteiger partial charge in [0, 0.05) is 5.56 Å². The maximum Gasteiger partial charge on any atom is 0.271 e. The van der Waals surface area contributed by atoms with Gasteiger partial charge in [-0.05, 0) is 67.4 Å². The highest BCUT2D eigenvalue weighted by Gasteiger charge is 2.04. The molecule has 0 aromatic heterocycles. The number of carbonyl (C=O) groups is 1. The van der Waals surface area contributed by atoms with Crippen molar-refractivity contribution in [1.82, 2.24) is 5.43 Å². The van der Waals surface area contributed by atoms with Crippen LogP contribution in [0.5, 0.6) is 11.5 Å². The number of benzene rings is 2. The molecule has 5 nitrogen and oxygen atoms in total. The van der Waals surface area contributed by atoms with Crippen LogP contribution in [0.3, 0.4) is 0 Å². The Morgan fingerprint density at radius 2 is 1.62 bits per heavy atom. The second kappa shape index (κ2) is 9.35. The molecule has 0 radical (unpaired) electrons. The first kappa shape index (κ1) is 17.5. The number of amides is 1. The highest BCUT2D eigenvalue weighted by molar-refractivity contribution is 5.95. The van der Waals surface area contributed by atoms with Crippen molar-refractivity contribution in [1.29, 1.82) is 0 Å². The minimum absolute atomic E-state index is 0.265. The smallest absolute Gasteiger partial charge is 0.271 e. The zero-order valence-electron chi connectivity index (χ0n) is 14.0. The number of ether oxygens (including phenoxy) is 2. The number of hydrogen-bond acceptors (Lipinski definition) is 4. The Labute approximate surface area is 142 Å². The van der Waals surface area contributed by atoms with Crippen LogP contribution in [-0.4, -0.2) is 25.3 Å². The monoisotopic (exact) mass is 326 g/mol. The summed E-state index contributed by atoms with van der Waals surface area (Å²) in [6.07, 6.45) is 2.54. The molecule has 0 atom stereocenters. The van der Waals surface area contributed by atoms with Crippen molar-refractivity contribution in [2.75, 3.05) is 13.2 Å². The van der Waals surface area contributed by atoms with Crippen molar-refractivity contribution in [3.05, 3.63) is 59.7 Å². The van der Waals surface area contributed by atoms with Crippen molar-refractivity contribution in [2.45, 2.75) is 20.3 Å². The van der Waals surface area contributed by atoms with E-state index >= 15 is 0 Å². The molecular formula is C19H22N2O3. The molecule has 2 aromatic rings. The largest absolute Gasteiger partial charge is 0.494 e. The van der Waals surface area contributed by atoms with Gasteiger partial charge in [0.15, 0.2) is 0 Å². The zero-order chi connectivity index (χ0) is 17.2. The minimum Gasteiger partial charge on any atom is -0.494 e.